The van der Waals surface area contributed by atoms with E-state index in [1.165, 1.54) is 89.9 Å². The predicted octanol–water partition coefficient (Wildman–Crippen LogP) is 5.19. The van der Waals surface area contributed by atoms with Gasteiger partial charge >= 0.3 is 0 Å². The summed E-state index contributed by atoms with van der Waals surface area (Å²) in [4.78, 5) is 27.5. The highest BCUT2D eigenvalue weighted by Gasteiger charge is 2.24. The summed E-state index contributed by atoms with van der Waals surface area (Å²) < 4.78 is 0. The van der Waals surface area contributed by atoms with Crippen molar-refractivity contribution >= 4 is 17.1 Å². The SMILES string of the molecule is CCCCCCCCCCCCCCCC[NH3+].O=[N+]([O-])c1cc([N+](=O)[O-])c([O-])c([N+](=O)[O-])c1. The Morgan fingerprint density at radius 1 is 0.636 bits per heavy atom. The third-order valence-electron chi connectivity index (χ3n) is 5.24. The third-order valence-corrected chi connectivity index (χ3v) is 5.24. The highest BCUT2D eigenvalue weighted by Crippen LogP contribution is 2.36. The summed E-state index contributed by atoms with van der Waals surface area (Å²) in [7, 11) is 0. The summed E-state index contributed by atoms with van der Waals surface area (Å²) in [5.41, 5.74) is 0.616. The van der Waals surface area contributed by atoms with Gasteiger partial charge in [-0.1, -0.05) is 84.0 Å². The van der Waals surface area contributed by atoms with Crippen LogP contribution in [-0.2, 0) is 0 Å². The van der Waals surface area contributed by atoms with Crippen LogP contribution in [0.15, 0.2) is 12.1 Å². The number of benzene rings is 1. The smallest absolute Gasteiger partial charge is 0.283 e. The molecule has 0 spiro atoms. The minimum Gasteiger partial charge on any atom is -0.863 e. The molecule has 0 aliphatic heterocycles. The van der Waals surface area contributed by atoms with Crippen LogP contribution in [-0.4, -0.2) is 21.3 Å². The fourth-order valence-electron chi connectivity index (χ4n) is 3.33. The molecule has 0 radical (unpaired) electrons. The standard InChI is InChI=1S/C16H35N.C6H3N3O7/c1-2-3-4-5-6-7-8-9-10-11-12-13-14-15-16-17;10-6-4(8(13)14)1-3(7(11)12)2-5(6)9(15)16/h2-17H2,1H3;1-2,10H. The molecule has 0 atom stereocenters. The molecule has 11 heteroatoms. The summed E-state index contributed by atoms with van der Waals surface area (Å²) in [5, 5.41) is 42.1. The van der Waals surface area contributed by atoms with Gasteiger partial charge < -0.3 is 10.8 Å². The maximum absolute atomic E-state index is 11.1. The van der Waals surface area contributed by atoms with Crippen LogP contribution in [0.4, 0.5) is 17.1 Å². The van der Waals surface area contributed by atoms with E-state index in [9.17, 15) is 35.4 Å². The van der Waals surface area contributed by atoms with Crippen LogP contribution in [0, 0.1) is 30.3 Å². The lowest BCUT2D eigenvalue weighted by atomic mass is 10.0. The van der Waals surface area contributed by atoms with E-state index < -0.39 is 37.6 Å². The molecule has 0 unspecified atom stereocenters. The summed E-state index contributed by atoms with van der Waals surface area (Å²) in [6.45, 7) is 3.41. The molecular weight excluding hydrogens is 432 g/mol. The summed E-state index contributed by atoms with van der Waals surface area (Å²) in [6, 6.07) is 0.769. The Morgan fingerprint density at radius 3 is 1.24 bits per heavy atom. The molecule has 0 aliphatic rings. The molecule has 1 rings (SSSR count). The zero-order chi connectivity index (χ0) is 25.1. The van der Waals surface area contributed by atoms with E-state index in [0.717, 1.165) is 6.54 Å². The number of nitrogens with zero attached hydrogens (tertiary/aromatic N) is 3. The Balaban J connectivity index is 0.000000621. The van der Waals surface area contributed by atoms with Crippen LogP contribution in [0.1, 0.15) is 96.8 Å². The summed E-state index contributed by atoms with van der Waals surface area (Å²) in [6.07, 6.45) is 20.2. The second-order valence-corrected chi connectivity index (χ2v) is 8.03. The van der Waals surface area contributed by atoms with Crippen LogP contribution in [0.2, 0.25) is 0 Å². The van der Waals surface area contributed by atoms with Crippen LogP contribution >= 0.6 is 0 Å². The predicted molar refractivity (Wildman–Crippen MR) is 124 cm³/mol. The molecule has 33 heavy (non-hydrogen) atoms. The lowest BCUT2D eigenvalue weighted by Crippen LogP contribution is -2.50. The van der Waals surface area contributed by atoms with Crippen molar-refractivity contribution < 1.29 is 25.6 Å². The van der Waals surface area contributed by atoms with E-state index in [2.05, 4.69) is 12.7 Å². The fourth-order valence-corrected chi connectivity index (χ4v) is 3.33. The van der Waals surface area contributed by atoms with Crippen LogP contribution in [0.3, 0.4) is 0 Å². The van der Waals surface area contributed by atoms with E-state index in [0.29, 0.717) is 12.1 Å². The number of quaternary nitrogens is 1. The molecule has 0 bridgehead atoms. The number of rotatable bonds is 17. The third kappa shape index (κ3) is 14.0. The molecule has 11 nitrogen and oxygen atoms in total. The molecule has 188 valence electrons. The van der Waals surface area contributed by atoms with Crippen molar-refractivity contribution in [2.24, 2.45) is 0 Å². The normalized spacial score (nSPS) is 10.4. The topological polar surface area (TPSA) is 180 Å². The molecule has 0 saturated carbocycles. The van der Waals surface area contributed by atoms with Gasteiger partial charge in [-0.15, -0.1) is 0 Å². The number of unbranched alkanes of at least 4 members (excludes halogenated alkanes) is 13. The molecule has 3 N–H and O–H groups in total. The maximum Gasteiger partial charge on any atom is 0.283 e. The van der Waals surface area contributed by atoms with Crippen LogP contribution in [0.5, 0.6) is 5.75 Å². The Kier molecular flexibility index (Phi) is 17.1. The van der Waals surface area contributed by atoms with Gasteiger partial charge in [0.1, 0.15) is 0 Å². The number of hydrogen-bond donors (Lipinski definition) is 1. The monoisotopic (exact) mass is 470 g/mol. The first-order chi connectivity index (χ1) is 15.8. The molecule has 0 fully saturated rings. The van der Waals surface area contributed by atoms with E-state index in [4.69, 9.17) is 0 Å². The summed E-state index contributed by atoms with van der Waals surface area (Å²) >= 11 is 0. The first-order valence-electron chi connectivity index (χ1n) is 11.8. The van der Waals surface area contributed by atoms with Crippen molar-refractivity contribution in [2.75, 3.05) is 6.54 Å². The Bertz CT molecular complexity index is 680. The average Bonchev–Trinajstić information content (AvgIpc) is 2.77. The zero-order valence-corrected chi connectivity index (χ0v) is 19.7. The van der Waals surface area contributed by atoms with E-state index in [1.54, 1.807) is 0 Å². The van der Waals surface area contributed by atoms with E-state index >= 15 is 0 Å². The Labute approximate surface area is 194 Å². The largest absolute Gasteiger partial charge is 0.863 e. The highest BCUT2D eigenvalue weighted by molar-refractivity contribution is 5.63. The average molecular weight is 471 g/mol. The molecule has 1 aromatic rings. The lowest BCUT2D eigenvalue weighted by molar-refractivity contribution is -0.420. The van der Waals surface area contributed by atoms with Gasteiger partial charge in [-0.05, 0) is 12.8 Å². The van der Waals surface area contributed by atoms with Gasteiger partial charge in [-0.3, -0.25) is 30.3 Å². The number of nitro groups is 3. The van der Waals surface area contributed by atoms with Crippen molar-refractivity contribution in [2.45, 2.75) is 96.8 Å². The van der Waals surface area contributed by atoms with Crippen molar-refractivity contribution in [1.29, 1.82) is 0 Å². The number of hydrogen-bond acceptors (Lipinski definition) is 7. The van der Waals surface area contributed by atoms with E-state index in [1.807, 2.05) is 0 Å². The minimum atomic E-state index is -1.46. The fraction of sp³-hybridized carbons (Fsp3) is 0.727. The van der Waals surface area contributed by atoms with Crippen molar-refractivity contribution in [1.82, 2.24) is 0 Å². The van der Waals surface area contributed by atoms with Gasteiger partial charge in [0.25, 0.3) is 17.1 Å². The van der Waals surface area contributed by atoms with Crippen molar-refractivity contribution in [3.05, 3.63) is 42.5 Å². The Hall–Kier alpha value is -2.82. The molecule has 0 heterocycles. The van der Waals surface area contributed by atoms with Crippen LogP contribution < -0.4 is 10.8 Å². The lowest BCUT2D eigenvalue weighted by Gasteiger charge is -2.06. The van der Waals surface area contributed by atoms with Gasteiger partial charge in [0.2, 0.25) is 0 Å². The van der Waals surface area contributed by atoms with Crippen LogP contribution in [0.25, 0.3) is 0 Å². The Morgan fingerprint density at radius 2 is 0.970 bits per heavy atom. The van der Waals surface area contributed by atoms with Gasteiger partial charge in [-0.25, -0.2) is 0 Å². The second kappa shape index (κ2) is 18.7. The van der Waals surface area contributed by atoms with Gasteiger partial charge in [-0.2, -0.15) is 0 Å². The molecule has 0 aliphatic carbocycles. The van der Waals surface area contributed by atoms with Crippen molar-refractivity contribution in [3.8, 4) is 5.75 Å². The van der Waals surface area contributed by atoms with Gasteiger partial charge in [0.05, 0.1) is 39.2 Å². The quantitative estimate of drug-likeness (QED) is 0.184. The second-order valence-electron chi connectivity index (χ2n) is 8.03. The van der Waals surface area contributed by atoms with Gasteiger partial charge in [0, 0.05) is 0 Å². The molecule has 0 saturated heterocycles. The molecule has 0 amide bonds. The first-order valence-corrected chi connectivity index (χ1v) is 11.8. The maximum atomic E-state index is 11.1. The van der Waals surface area contributed by atoms with Gasteiger partial charge in [0.15, 0.2) is 0 Å². The van der Waals surface area contributed by atoms with Crippen molar-refractivity contribution in [3.63, 3.8) is 0 Å². The molecule has 1 aromatic carbocycles. The minimum absolute atomic E-state index is 0.384. The zero-order valence-electron chi connectivity index (χ0n) is 19.7. The highest BCUT2D eigenvalue weighted by atomic mass is 16.6. The van der Waals surface area contributed by atoms with E-state index in [-0.39, 0.29) is 0 Å². The molecule has 0 aromatic heterocycles. The first kappa shape index (κ1) is 30.2. The molecular formula is C22H38N4O7. The number of nitro benzene ring substituents is 3. The number of non-ortho nitro benzene ring substituents is 1. The summed E-state index contributed by atoms with van der Waals surface area (Å²) in [5.74, 6) is -1.46.